The Kier molecular flexibility index (Phi) is 3.49. The van der Waals surface area contributed by atoms with Crippen molar-refractivity contribution < 1.29 is 0 Å². The summed E-state index contributed by atoms with van der Waals surface area (Å²) in [6.07, 6.45) is 9.77. The molecule has 3 unspecified atom stereocenters. The molecule has 2 saturated carbocycles. The summed E-state index contributed by atoms with van der Waals surface area (Å²) in [4.78, 5) is 3.97. The van der Waals surface area contributed by atoms with Gasteiger partial charge in [0, 0.05) is 13.1 Å². The lowest BCUT2D eigenvalue weighted by Gasteiger charge is -2.39. The van der Waals surface area contributed by atoms with Crippen LogP contribution in [0.5, 0.6) is 0 Å². The van der Waals surface area contributed by atoms with Gasteiger partial charge in [0.25, 0.3) is 0 Å². The number of hydrogen-bond donors (Lipinski definition) is 2. The van der Waals surface area contributed by atoms with Gasteiger partial charge in [-0.15, -0.1) is 0 Å². The Morgan fingerprint density at radius 3 is 2.60 bits per heavy atom. The highest BCUT2D eigenvalue weighted by Crippen LogP contribution is 2.40. The van der Waals surface area contributed by atoms with Crippen LogP contribution in [-0.2, 0) is 0 Å². The summed E-state index contributed by atoms with van der Waals surface area (Å²) in [6, 6.07) is 0.577. The molecule has 0 amide bonds. The Morgan fingerprint density at radius 2 is 1.87 bits per heavy atom. The standard InChI is InChI=1S/C12H23N3/c1-14-12(13)15-11-7-6-9-4-2-3-5-10(9)8-11/h9-11H,2-8H2,1H3,(H3,13,14,15). The van der Waals surface area contributed by atoms with E-state index in [1.165, 1.54) is 44.9 Å². The first-order chi connectivity index (χ1) is 7.29. The zero-order valence-electron chi connectivity index (χ0n) is 9.71. The van der Waals surface area contributed by atoms with Crippen molar-refractivity contribution in [2.24, 2.45) is 22.6 Å². The maximum Gasteiger partial charge on any atom is 0.188 e. The highest BCUT2D eigenvalue weighted by atomic mass is 15.1. The number of fused-ring (bicyclic) bond motifs is 1. The highest BCUT2D eigenvalue weighted by molar-refractivity contribution is 5.77. The molecule has 86 valence electrons. The van der Waals surface area contributed by atoms with Crippen LogP contribution in [0.3, 0.4) is 0 Å². The van der Waals surface area contributed by atoms with Crippen LogP contribution in [0.15, 0.2) is 4.99 Å². The second kappa shape index (κ2) is 4.86. The molecule has 0 saturated heterocycles. The fourth-order valence-corrected chi connectivity index (χ4v) is 3.28. The molecule has 3 nitrogen and oxygen atoms in total. The summed E-state index contributed by atoms with van der Waals surface area (Å²) in [7, 11) is 1.74. The van der Waals surface area contributed by atoms with Crippen LogP contribution in [0, 0.1) is 11.8 Å². The Balaban J connectivity index is 1.85. The van der Waals surface area contributed by atoms with Gasteiger partial charge in [-0.05, 0) is 31.1 Å². The summed E-state index contributed by atoms with van der Waals surface area (Å²) in [5.74, 6) is 2.57. The van der Waals surface area contributed by atoms with Crippen molar-refractivity contribution in [3.63, 3.8) is 0 Å². The lowest BCUT2D eigenvalue weighted by molar-refractivity contribution is 0.150. The van der Waals surface area contributed by atoms with Crippen molar-refractivity contribution in [3.8, 4) is 0 Å². The van der Waals surface area contributed by atoms with E-state index in [0.29, 0.717) is 12.0 Å². The smallest absolute Gasteiger partial charge is 0.188 e. The molecule has 2 aliphatic carbocycles. The monoisotopic (exact) mass is 209 g/mol. The molecule has 0 radical (unpaired) electrons. The Morgan fingerprint density at radius 1 is 1.13 bits per heavy atom. The number of guanidine groups is 1. The average Bonchev–Trinajstić information content (AvgIpc) is 2.29. The molecule has 0 aromatic heterocycles. The van der Waals surface area contributed by atoms with Gasteiger partial charge in [0.15, 0.2) is 5.96 Å². The molecule has 0 spiro atoms. The van der Waals surface area contributed by atoms with Crippen LogP contribution < -0.4 is 11.1 Å². The Labute approximate surface area is 92.5 Å². The first kappa shape index (κ1) is 10.8. The topological polar surface area (TPSA) is 50.4 Å². The minimum Gasteiger partial charge on any atom is -0.370 e. The average molecular weight is 209 g/mol. The summed E-state index contributed by atoms with van der Waals surface area (Å²) >= 11 is 0. The van der Waals surface area contributed by atoms with Crippen molar-refractivity contribution in [1.82, 2.24) is 5.32 Å². The first-order valence-electron chi connectivity index (χ1n) is 6.28. The Bertz CT molecular complexity index is 237. The molecule has 0 aliphatic heterocycles. The van der Waals surface area contributed by atoms with Gasteiger partial charge >= 0.3 is 0 Å². The molecule has 2 fully saturated rings. The van der Waals surface area contributed by atoms with Crippen LogP contribution in [0.2, 0.25) is 0 Å². The summed E-state index contributed by atoms with van der Waals surface area (Å²) in [6.45, 7) is 0. The van der Waals surface area contributed by atoms with E-state index in [2.05, 4.69) is 10.3 Å². The molecule has 0 bridgehead atoms. The molecule has 3 heteroatoms. The molecule has 0 aromatic carbocycles. The highest BCUT2D eigenvalue weighted by Gasteiger charge is 2.32. The van der Waals surface area contributed by atoms with Gasteiger partial charge < -0.3 is 11.1 Å². The molecule has 0 heterocycles. The third kappa shape index (κ3) is 2.64. The number of hydrogen-bond acceptors (Lipinski definition) is 1. The van der Waals surface area contributed by atoms with Crippen molar-refractivity contribution in [3.05, 3.63) is 0 Å². The van der Waals surface area contributed by atoms with Gasteiger partial charge in [0.05, 0.1) is 0 Å². The second-order valence-electron chi connectivity index (χ2n) is 5.07. The molecule has 3 N–H and O–H groups in total. The van der Waals surface area contributed by atoms with E-state index >= 15 is 0 Å². The molecule has 2 aliphatic rings. The fraction of sp³-hybridized carbons (Fsp3) is 0.917. The molecular weight excluding hydrogens is 186 g/mol. The fourth-order valence-electron chi connectivity index (χ4n) is 3.28. The Hall–Kier alpha value is -0.730. The third-order valence-electron chi connectivity index (χ3n) is 4.13. The van der Waals surface area contributed by atoms with E-state index in [1.807, 2.05) is 0 Å². The van der Waals surface area contributed by atoms with Gasteiger partial charge in [-0.1, -0.05) is 25.7 Å². The van der Waals surface area contributed by atoms with Gasteiger partial charge in [-0.3, -0.25) is 4.99 Å². The second-order valence-corrected chi connectivity index (χ2v) is 5.07. The van der Waals surface area contributed by atoms with E-state index in [0.717, 1.165) is 11.8 Å². The summed E-state index contributed by atoms with van der Waals surface area (Å²) in [5, 5.41) is 3.33. The molecule has 15 heavy (non-hydrogen) atoms. The molecular formula is C12H23N3. The number of aliphatic imine (C=N–C) groups is 1. The minimum absolute atomic E-state index is 0.577. The predicted molar refractivity (Wildman–Crippen MR) is 63.8 cm³/mol. The van der Waals surface area contributed by atoms with Gasteiger partial charge in [-0.2, -0.15) is 0 Å². The van der Waals surface area contributed by atoms with Crippen LogP contribution in [-0.4, -0.2) is 19.0 Å². The van der Waals surface area contributed by atoms with Crippen LogP contribution in [0.4, 0.5) is 0 Å². The maximum absolute atomic E-state index is 5.71. The van der Waals surface area contributed by atoms with E-state index < -0.39 is 0 Å². The van der Waals surface area contributed by atoms with E-state index in [1.54, 1.807) is 7.05 Å². The summed E-state index contributed by atoms with van der Waals surface area (Å²) < 4.78 is 0. The minimum atomic E-state index is 0.577. The van der Waals surface area contributed by atoms with Crippen LogP contribution >= 0.6 is 0 Å². The van der Waals surface area contributed by atoms with Gasteiger partial charge in [0.2, 0.25) is 0 Å². The summed E-state index contributed by atoms with van der Waals surface area (Å²) in [5.41, 5.74) is 5.71. The van der Waals surface area contributed by atoms with Crippen molar-refractivity contribution in [2.45, 2.75) is 51.0 Å². The maximum atomic E-state index is 5.71. The lowest BCUT2D eigenvalue weighted by atomic mass is 9.69. The van der Waals surface area contributed by atoms with Crippen molar-refractivity contribution in [1.29, 1.82) is 0 Å². The van der Waals surface area contributed by atoms with Crippen molar-refractivity contribution >= 4 is 5.96 Å². The van der Waals surface area contributed by atoms with E-state index in [9.17, 15) is 0 Å². The van der Waals surface area contributed by atoms with Crippen LogP contribution in [0.25, 0.3) is 0 Å². The number of nitrogens with one attached hydrogen (secondary N) is 1. The quantitative estimate of drug-likeness (QED) is 0.512. The lowest BCUT2D eigenvalue weighted by Crippen LogP contribution is -2.44. The van der Waals surface area contributed by atoms with Gasteiger partial charge in [-0.25, -0.2) is 0 Å². The zero-order valence-corrected chi connectivity index (χ0v) is 9.71. The van der Waals surface area contributed by atoms with E-state index in [4.69, 9.17) is 5.73 Å². The molecule has 2 rings (SSSR count). The number of rotatable bonds is 1. The van der Waals surface area contributed by atoms with Gasteiger partial charge in [0.1, 0.15) is 0 Å². The normalized spacial score (nSPS) is 37.1. The molecule has 3 atom stereocenters. The zero-order chi connectivity index (χ0) is 10.7. The predicted octanol–water partition coefficient (Wildman–Crippen LogP) is 1.88. The largest absolute Gasteiger partial charge is 0.370 e. The SMILES string of the molecule is CN=C(N)NC1CCC2CCCCC2C1. The number of nitrogens with zero attached hydrogens (tertiary/aromatic N) is 1. The molecule has 0 aromatic rings. The first-order valence-corrected chi connectivity index (χ1v) is 6.28. The number of nitrogens with two attached hydrogens (primary N) is 1. The van der Waals surface area contributed by atoms with Crippen LogP contribution in [0.1, 0.15) is 44.9 Å². The van der Waals surface area contributed by atoms with E-state index in [-0.39, 0.29) is 0 Å². The van der Waals surface area contributed by atoms with Crippen molar-refractivity contribution in [2.75, 3.05) is 7.05 Å². The third-order valence-corrected chi connectivity index (χ3v) is 4.13.